The van der Waals surface area contributed by atoms with Crippen molar-refractivity contribution in [3.05, 3.63) is 23.8 Å². The summed E-state index contributed by atoms with van der Waals surface area (Å²) in [5, 5.41) is 0. The molecule has 0 aromatic heterocycles. The van der Waals surface area contributed by atoms with Gasteiger partial charge in [0.15, 0.2) is 0 Å². The molecule has 8 heteroatoms. The van der Waals surface area contributed by atoms with E-state index in [0.717, 1.165) is 75.0 Å². The summed E-state index contributed by atoms with van der Waals surface area (Å²) in [6.07, 6.45) is 7.90. The monoisotopic (exact) mass is 452 g/mol. The molecule has 0 radical (unpaired) electrons. The van der Waals surface area contributed by atoms with E-state index in [1.54, 1.807) is 0 Å². The first-order chi connectivity index (χ1) is 14.8. The smallest absolute Gasteiger partial charge is 0.410 e. The standard InChI is InChI=1S/C23H36N2O5S/c1-18(2)30-23(26)24-15-12-19(13-16-24)8-4-5-17-29-22-11-6-10-21-20(22)9-7-14-25(21)31(3,27)28/h6,10-11,18-19H,4-5,7-9,12-17H2,1-3H3. The molecule has 1 aromatic carbocycles. The van der Waals surface area contributed by atoms with Gasteiger partial charge in [-0.1, -0.05) is 12.5 Å². The van der Waals surface area contributed by atoms with Crippen LogP contribution in [0.15, 0.2) is 18.2 Å². The Balaban J connectivity index is 1.40. The minimum atomic E-state index is -3.27. The predicted octanol–water partition coefficient (Wildman–Crippen LogP) is 4.20. The molecule has 2 aliphatic rings. The molecule has 0 bridgehead atoms. The highest BCUT2D eigenvalue weighted by atomic mass is 32.2. The first-order valence-corrected chi connectivity index (χ1v) is 13.3. The van der Waals surface area contributed by atoms with Gasteiger partial charge in [0.1, 0.15) is 5.75 Å². The Morgan fingerprint density at radius 3 is 2.58 bits per heavy atom. The van der Waals surface area contributed by atoms with Gasteiger partial charge in [-0.15, -0.1) is 0 Å². The predicted molar refractivity (Wildman–Crippen MR) is 122 cm³/mol. The van der Waals surface area contributed by atoms with Crippen molar-refractivity contribution in [3.8, 4) is 5.75 Å². The second-order valence-electron chi connectivity index (χ2n) is 8.90. The first-order valence-electron chi connectivity index (χ1n) is 11.4. The van der Waals surface area contributed by atoms with Crippen molar-refractivity contribution < 1.29 is 22.7 Å². The normalized spacial score (nSPS) is 17.5. The van der Waals surface area contributed by atoms with Gasteiger partial charge in [0.05, 0.1) is 24.7 Å². The number of sulfonamides is 1. The summed E-state index contributed by atoms with van der Waals surface area (Å²) in [7, 11) is -3.27. The van der Waals surface area contributed by atoms with E-state index in [1.165, 1.54) is 10.6 Å². The van der Waals surface area contributed by atoms with E-state index < -0.39 is 10.0 Å². The molecule has 31 heavy (non-hydrogen) atoms. The van der Waals surface area contributed by atoms with Crippen LogP contribution < -0.4 is 9.04 Å². The summed E-state index contributed by atoms with van der Waals surface area (Å²) in [4.78, 5) is 13.8. The average molecular weight is 453 g/mol. The number of hydrogen-bond acceptors (Lipinski definition) is 5. The van der Waals surface area contributed by atoms with Crippen molar-refractivity contribution in [1.82, 2.24) is 4.90 Å². The molecule has 0 atom stereocenters. The molecule has 1 saturated heterocycles. The summed E-state index contributed by atoms with van der Waals surface area (Å²) < 4.78 is 37.0. The lowest BCUT2D eigenvalue weighted by molar-refractivity contribution is 0.0645. The molecule has 0 saturated carbocycles. The lowest BCUT2D eigenvalue weighted by Crippen LogP contribution is -2.39. The van der Waals surface area contributed by atoms with Crippen molar-refractivity contribution in [2.75, 3.05) is 36.8 Å². The molecule has 1 aromatic rings. The fourth-order valence-electron chi connectivity index (χ4n) is 4.44. The van der Waals surface area contributed by atoms with Crippen LogP contribution in [0.1, 0.15) is 57.9 Å². The van der Waals surface area contributed by atoms with E-state index >= 15 is 0 Å². The summed E-state index contributed by atoms with van der Waals surface area (Å²) in [5.41, 5.74) is 1.76. The Morgan fingerprint density at radius 1 is 1.16 bits per heavy atom. The van der Waals surface area contributed by atoms with Crippen LogP contribution in [0.4, 0.5) is 10.5 Å². The Kier molecular flexibility index (Phi) is 8.08. The van der Waals surface area contributed by atoms with Crippen LogP contribution in [0.2, 0.25) is 0 Å². The van der Waals surface area contributed by atoms with Crippen LogP contribution in [0.5, 0.6) is 5.75 Å². The third kappa shape index (κ3) is 6.51. The van der Waals surface area contributed by atoms with Gasteiger partial charge in [-0.2, -0.15) is 0 Å². The Hall–Kier alpha value is -1.96. The van der Waals surface area contributed by atoms with E-state index in [2.05, 4.69) is 0 Å². The number of benzene rings is 1. The molecule has 7 nitrogen and oxygen atoms in total. The van der Waals surface area contributed by atoms with Crippen LogP contribution >= 0.6 is 0 Å². The molecular formula is C23H36N2O5S. The van der Waals surface area contributed by atoms with Crippen molar-refractivity contribution in [2.24, 2.45) is 5.92 Å². The van der Waals surface area contributed by atoms with Crippen molar-refractivity contribution in [1.29, 1.82) is 0 Å². The summed E-state index contributed by atoms with van der Waals surface area (Å²) in [5.74, 6) is 1.46. The molecule has 2 aliphatic heterocycles. The number of carbonyl (C=O) groups is 1. The Bertz CT molecular complexity index is 848. The Morgan fingerprint density at radius 2 is 1.90 bits per heavy atom. The lowest BCUT2D eigenvalue weighted by Gasteiger charge is -2.32. The largest absolute Gasteiger partial charge is 0.493 e. The number of rotatable bonds is 8. The van der Waals surface area contributed by atoms with E-state index in [-0.39, 0.29) is 12.2 Å². The zero-order valence-corrected chi connectivity index (χ0v) is 19.8. The van der Waals surface area contributed by atoms with Crippen LogP contribution in [-0.2, 0) is 21.2 Å². The molecule has 1 amide bonds. The van der Waals surface area contributed by atoms with Gasteiger partial charge in [-0.05, 0) is 70.4 Å². The SMILES string of the molecule is CC(C)OC(=O)N1CCC(CCCCOc2cccc3c2CCCN3S(C)(=O)=O)CC1. The van der Waals surface area contributed by atoms with Crippen LogP contribution in [-0.4, -0.2) is 58.0 Å². The number of anilines is 1. The second-order valence-corrected chi connectivity index (χ2v) is 10.8. The van der Waals surface area contributed by atoms with Crippen molar-refractivity contribution in [2.45, 2.75) is 64.9 Å². The topological polar surface area (TPSA) is 76.2 Å². The molecule has 0 N–H and O–H groups in total. The van der Waals surface area contributed by atoms with Gasteiger partial charge < -0.3 is 14.4 Å². The molecule has 0 spiro atoms. The third-order valence-electron chi connectivity index (χ3n) is 6.04. The van der Waals surface area contributed by atoms with Crippen LogP contribution in [0.3, 0.4) is 0 Å². The van der Waals surface area contributed by atoms with Crippen LogP contribution in [0.25, 0.3) is 0 Å². The molecule has 1 fully saturated rings. The number of nitrogens with zero attached hydrogens (tertiary/aromatic N) is 2. The van der Waals surface area contributed by atoms with Crippen molar-refractivity contribution >= 4 is 21.8 Å². The second kappa shape index (κ2) is 10.6. The molecule has 174 valence electrons. The number of amides is 1. The number of carbonyl (C=O) groups excluding carboxylic acids is 1. The highest BCUT2D eigenvalue weighted by molar-refractivity contribution is 7.92. The van der Waals surface area contributed by atoms with E-state index in [4.69, 9.17) is 9.47 Å². The number of likely N-dealkylation sites (tertiary alicyclic amines) is 1. The molecule has 2 heterocycles. The maximum Gasteiger partial charge on any atom is 0.410 e. The van der Waals surface area contributed by atoms with Gasteiger partial charge in [-0.25, -0.2) is 13.2 Å². The van der Waals surface area contributed by atoms with E-state index in [9.17, 15) is 13.2 Å². The molecule has 0 unspecified atom stereocenters. The maximum atomic E-state index is 12.1. The molecule has 0 aliphatic carbocycles. The minimum Gasteiger partial charge on any atom is -0.493 e. The summed E-state index contributed by atoms with van der Waals surface area (Å²) in [6.45, 7) is 6.47. The first kappa shape index (κ1) is 23.7. The van der Waals surface area contributed by atoms with E-state index in [1.807, 2.05) is 36.9 Å². The fourth-order valence-corrected chi connectivity index (χ4v) is 5.43. The molecule has 3 rings (SSSR count). The van der Waals surface area contributed by atoms with Gasteiger partial charge >= 0.3 is 6.09 Å². The minimum absolute atomic E-state index is 0.0742. The summed E-state index contributed by atoms with van der Waals surface area (Å²) >= 11 is 0. The Labute approximate surface area is 186 Å². The van der Waals surface area contributed by atoms with Crippen LogP contribution in [0, 0.1) is 5.92 Å². The molecular weight excluding hydrogens is 416 g/mol. The third-order valence-corrected chi connectivity index (χ3v) is 7.22. The zero-order valence-electron chi connectivity index (χ0n) is 19.0. The van der Waals surface area contributed by atoms with E-state index in [0.29, 0.717) is 19.1 Å². The number of unbranched alkanes of at least 4 members (excludes halogenated alkanes) is 1. The highest BCUT2D eigenvalue weighted by Gasteiger charge is 2.26. The number of fused-ring (bicyclic) bond motifs is 1. The summed E-state index contributed by atoms with van der Waals surface area (Å²) in [6, 6.07) is 5.68. The number of piperidine rings is 1. The quantitative estimate of drug-likeness (QED) is 0.553. The van der Waals surface area contributed by atoms with Gasteiger partial charge in [-0.3, -0.25) is 4.31 Å². The van der Waals surface area contributed by atoms with Crippen molar-refractivity contribution in [3.63, 3.8) is 0 Å². The average Bonchev–Trinajstić information content (AvgIpc) is 2.72. The highest BCUT2D eigenvalue weighted by Crippen LogP contribution is 2.35. The zero-order chi connectivity index (χ0) is 22.4. The lowest BCUT2D eigenvalue weighted by atomic mass is 9.92. The number of hydrogen-bond donors (Lipinski definition) is 0. The van der Waals surface area contributed by atoms with Gasteiger partial charge in [0.25, 0.3) is 0 Å². The number of ether oxygens (including phenoxy) is 2. The fraction of sp³-hybridized carbons (Fsp3) is 0.696. The van der Waals surface area contributed by atoms with Gasteiger partial charge in [0, 0.05) is 25.2 Å². The maximum absolute atomic E-state index is 12.1. The van der Waals surface area contributed by atoms with Gasteiger partial charge in [0.2, 0.25) is 10.0 Å².